The van der Waals surface area contributed by atoms with Gasteiger partial charge < -0.3 is 19.2 Å². The molecule has 0 unspecified atom stereocenters. The quantitative estimate of drug-likeness (QED) is 0.365. The Balaban J connectivity index is 1.28. The van der Waals surface area contributed by atoms with Crippen molar-refractivity contribution >= 4 is 5.71 Å². The van der Waals surface area contributed by atoms with Gasteiger partial charge in [-0.1, -0.05) is 11.2 Å². The van der Waals surface area contributed by atoms with Gasteiger partial charge in [0.25, 0.3) is 5.56 Å². The molecule has 0 radical (unpaired) electrons. The van der Waals surface area contributed by atoms with E-state index in [1.807, 2.05) is 12.3 Å². The molecule has 0 bridgehead atoms. The predicted molar refractivity (Wildman–Crippen MR) is 141 cm³/mol. The summed E-state index contributed by atoms with van der Waals surface area (Å²) in [6, 6.07) is 8.88. The van der Waals surface area contributed by atoms with Gasteiger partial charge in [-0.15, -0.1) is 0 Å². The first-order chi connectivity index (χ1) is 18.5. The van der Waals surface area contributed by atoms with Crippen LogP contribution in [0.4, 0.5) is 8.78 Å². The van der Waals surface area contributed by atoms with Crippen molar-refractivity contribution < 1.29 is 23.5 Å². The van der Waals surface area contributed by atoms with Crippen LogP contribution in [0.2, 0.25) is 0 Å². The lowest BCUT2D eigenvalue weighted by Gasteiger charge is -2.39. The highest BCUT2D eigenvalue weighted by atomic mass is 19.2. The second-order valence-electron chi connectivity index (χ2n) is 10.9. The molecule has 1 N–H and O–H groups in total. The predicted octanol–water partition coefficient (Wildman–Crippen LogP) is 3.62. The van der Waals surface area contributed by atoms with Gasteiger partial charge >= 0.3 is 0 Å². The fraction of sp³-hybridized carbons (Fsp3) is 0.414. The Hall–Kier alpha value is -3.47. The molecule has 4 heterocycles. The summed E-state index contributed by atoms with van der Waals surface area (Å²) in [6.45, 7) is 5.89. The molecular weight excluding hydrogens is 506 g/mol. The minimum Gasteiger partial charge on any atom is -0.392 e. The minimum atomic E-state index is -1.12. The van der Waals surface area contributed by atoms with E-state index >= 15 is 0 Å². The normalized spacial score (nSPS) is 17.4. The van der Waals surface area contributed by atoms with Gasteiger partial charge in [-0.25, -0.2) is 8.78 Å². The third-order valence-corrected chi connectivity index (χ3v) is 7.21. The van der Waals surface area contributed by atoms with Crippen LogP contribution in [0.1, 0.15) is 54.6 Å². The fourth-order valence-corrected chi connectivity index (χ4v) is 5.07. The zero-order valence-electron chi connectivity index (χ0n) is 22.3. The van der Waals surface area contributed by atoms with Crippen LogP contribution in [-0.2, 0) is 35.4 Å². The average molecular weight is 539 g/mol. The summed E-state index contributed by atoms with van der Waals surface area (Å²) in [4.78, 5) is 24.4. The van der Waals surface area contributed by atoms with Crippen molar-refractivity contribution in [3.05, 3.63) is 98.7 Å². The summed E-state index contributed by atoms with van der Waals surface area (Å²) in [6.07, 6.45) is 5.20. The molecule has 1 fully saturated rings. The standard InChI is InChI=1S/C29H32F2N4O4/c1-28(2,37)18-39-33-27(20-5-6-23(30)24(31)12-20)25-7-4-19(14-32-25)15-35-10-8-29(9-11-35)22-13-26(36)34(3)16-21(22)17-38-29/h4-7,12-14,16,37H,8-11,15,17-18H2,1-3H3/b33-27-. The highest BCUT2D eigenvalue weighted by Crippen LogP contribution is 2.43. The molecule has 39 heavy (non-hydrogen) atoms. The van der Waals surface area contributed by atoms with E-state index in [-0.39, 0.29) is 17.9 Å². The first-order valence-electron chi connectivity index (χ1n) is 12.9. The number of ether oxygens (including phenoxy) is 1. The number of hydrogen-bond donors (Lipinski definition) is 1. The number of likely N-dealkylation sites (tertiary alicyclic amines) is 1. The number of nitrogens with zero attached hydrogens (tertiary/aromatic N) is 4. The smallest absolute Gasteiger partial charge is 0.250 e. The molecule has 10 heteroatoms. The van der Waals surface area contributed by atoms with Gasteiger partial charge in [-0.2, -0.15) is 0 Å². The molecule has 1 aromatic carbocycles. The van der Waals surface area contributed by atoms with Gasteiger partial charge in [0.15, 0.2) is 11.6 Å². The molecular formula is C29H32F2N4O4. The van der Waals surface area contributed by atoms with Gasteiger partial charge in [0, 0.05) is 56.3 Å². The Morgan fingerprint density at radius 1 is 1.18 bits per heavy atom. The van der Waals surface area contributed by atoms with Crippen LogP contribution >= 0.6 is 0 Å². The van der Waals surface area contributed by atoms with Gasteiger partial charge in [0.05, 0.1) is 23.5 Å². The lowest BCUT2D eigenvalue weighted by atomic mass is 9.84. The molecule has 206 valence electrons. The lowest BCUT2D eigenvalue weighted by molar-refractivity contribution is -0.0799. The molecule has 2 aliphatic heterocycles. The van der Waals surface area contributed by atoms with E-state index in [4.69, 9.17) is 9.57 Å². The molecule has 1 spiro atoms. The highest BCUT2D eigenvalue weighted by Gasteiger charge is 2.43. The summed E-state index contributed by atoms with van der Waals surface area (Å²) < 4.78 is 35.3. The maximum atomic E-state index is 14.0. The Bertz CT molecular complexity index is 1440. The maximum Gasteiger partial charge on any atom is 0.250 e. The van der Waals surface area contributed by atoms with Crippen molar-refractivity contribution in [3.8, 4) is 0 Å². The average Bonchev–Trinajstić information content (AvgIpc) is 3.22. The summed E-state index contributed by atoms with van der Waals surface area (Å²) in [5, 5.41) is 14.0. The molecule has 8 nitrogen and oxygen atoms in total. The van der Waals surface area contributed by atoms with E-state index in [0.29, 0.717) is 24.4 Å². The summed E-state index contributed by atoms with van der Waals surface area (Å²) in [7, 11) is 1.76. The number of piperidine rings is 1. The van der Waals surface area contributed by atoms with Gasteiger partial charge in [0.2, 0.25) is 0 Å². The van der Waals surface area contributed by atoms with Crippen molar-refractivity contribution in [1.82, 2.24) is 14.5 Å². The van der Waals surface area contributed by atoms with Gasteiger partial charge in [-0.3, -0.25) is 14.7 Å². The number of aryl methyl sites for hydroxylation is 1. The van der Waals surface area contributed by atoms with E-state index in [9.17, 15) is 18.7 Å². The fourth-order valence-electron chi connectivity index (χ4n) is 5.07. The van der Waals surface area contributed by atoms with E-state index in [1.165, 1.54) is 6.07 Å². The first kappa shape index (κ1) is 27.1. The van der Waals surface area contributed by atoms with E-state index in [0.717, 1.165) is 54.8 Å². The molecule has 1 saturated heterocycles. The van der Waals surface area contributed by atoms with Crippen LogP contribution in [-0.4, -0.2) is 50.6 Å². The van der Waals surface area contributed by atoms with E-state index in [2.05, 4.69) is 15.0 Å². The number of rotatable bonds is 7. The Morgan fingerprint density at radius 3 is 2.62 bits per heavy atom. The van der Waals surface area contributed by atoms with Crippen LogP contribution in [0.3, 0.4) is 0 Å². The minimum absolute atomic E-state index is 0.0241. The largest absolute Gasteiger partial charge is 0.392 e. The Labute approximate surface area is 225 Å². The lowest BCUT2D eigenvalue weighted by Crippen LogP contribution is -2.42. The van der Waals surface area contributed by atoms with Gasteiger partial charge in [0.1, 0.15) is 12.3 Å². The van der Waals surface area contributed by atoms with E-state index < -0.39 is 22.8 Å². The number of fused-ring (bicyclic) bond motifs is 2. The van der Waals surface area contributed by atoms with E-state index in [1.54, 1.807) is 43.8 Å². The van der Waals surface area contributed by atoms with Crippen LogP contribution in [0, 0.1) is 11.6 Å². The SMILES string of the molecule is Cn1cc2c(cc1=O)C1(CCN(Cc3ccc(/C(=N\OCC(C)(C)O)c4ccc(F)c(F)c4)nc3)CC1)OC2. The van der Waals surface area contributed by atoms with Crippen LogP contribution in [0.25, 0.3) is 0 Å². The molecule has 5 rings (SSSR count). The Kier molecular flexibility index (Phi) is 7.37. The van der Waals surface area contributed by atoms with Crippen LogP contribution in [0.5, 0.6) is 0 Å². The molecule has 2 aliphatic rings. The van der Waals surface area contributed by atoms with Crippen molar-refractivity contribution in [2.75, 3.05) is 19.7 Å². The topological polar surface area (TPSA) is 89.2 Å². The number of hydrogen-bond acceptors (Lipinski definition) is 7. The molecule has 0 amide bonds. The number of halogens is 2. The highest BCUT2D eigenvalue weighted by molar-refractivity contribution is 6.11. The molecule has 0 aliphatic carbocycles. The zero-order valence-corrected chi connectivity index (χ0v) is 22.3. The molecule has 0 atom stereocenters. The molecule has 3 aromatic rings. The van der Waals surface area contributed by atoms with Gasteiger partial charge in [-0.05, 0) is 62.1 Å². The summed E-state index contributed by atoms with van der Waals surface area (Å²) in [5.74, 6) is -1.97. The van der Waals surface area contributed by atoms with Crippen molar-refractivity contribution in [3.63, 3.8) is 0 Å². The Morgan fingerprint density at radius 2 is 1.95 bits per heavy atom. The zero-order chi connectivity index (χ0) is 27.8. The number of pyridine rings is 2. The van der Waals surface area contributed by atoms with Crippen molar-refractivity contribution in [2.45, 2.75) is 51.0 Å². The second kappa shape index (κ2) is 10.6. The number of benzene rings is 1. The van der Waals surface area contributed by atoms with Crippen molar-refractivity contribution in [2.24, 2.45) is 12.2 Å². The number of oxime groups is 1. The second-order valence-corrected chi connectivity index (χ2v) is 10.9. The third-order valence-electron chi connectivity index (χ3n) is 7.21. The first-order valence-corrected chi connectivity index (χ1v) is 12.9. The monoisotopic (exact) mass is 538 g/mol. The van der Waals surface area contributed by atoms with Crippen molar-refractivity contribution in [1.29, 1.82) is 0 Å². The summed E-state index contributed by atoms with van der Waals surface area (Å²) >= 11 is 0. The number of aliphatic hydroxyl groups is 1. The summed E-state index contributed by atoms with van der Waals surface area (Å²) in [5.41, 5.74) is 2.50. The van der Waals surface area contributed by atoms with Crippen LogP contribution in [0.15, 0.2) is 58.7 Å². The van der Waals surface area contributed by atoms with Crippen LogP contribution < -0.4 is 5.56 Å². The molecule has 0 saturated carbocycles. The third kappa shape index (κ3) is 5.93. The maximum absolute atomic E-state index is 14.0. The molecule has 2 aromatic heterocycles. The number of aromatic nitrogens is 2.